The number of benzene rings is 2. The molecule has 0 spiro atoms. The van der Waals surface area contributed by atoms with Crippen molar-refractivity contribution in [3.8, 4) is 0 Å². The van der Waals surface area contributed by atoms with Crippen LogP contribution in [-0.4, -0.2) is 58.6 Å². The number of urea groups is 1. The first kappa shape index (κ1) is 25.1. The Labute approximate surface area is 220 Å². The number of nitrogens with zero attached hydrogens (tertiary/aromatic N) is 2. The van der Waals surface area contributed by atoms with E-state index in [1.165, 1.54) is 0 Å². The van der Waals surface area contributed by atoms with Crippen LogP contribution in [-0.2, 0) is 9.53 Å². The van der Waals surface area contributed by atoms with E-state index in [4.69, 9.17) is 4.74 Å². The maximum Gasteiger partial charge on any atom is 0.321 e. The summed E-state index contributed by atoms with van der Waals surface area (Å²) < 4.78 is 5.32. The van der Waals surface area contributed by atoms with Gasteiger partial charge in [0.05, 0.1) is 24.4 Å². The molecule has 5 rings (SSSR count). The van der Waals surface area contributed by atoms with Gasteiger partial charge in [0.25, 0.3) is 0 Å². The van der Waals surface area contributed by atoms with E-state index in [0.717, 1.165) is 39.1 Å². The number of anilines is 2. The molecule has 3 amide bonds. The van der Waals surface area contributed by atoms with E-state index in [0.29, 0.717) is 38.6 Å². The molecule has 1 aromatic heterocycles. The van der Waals surface area contributed by atoms with Crippen molar-refractivity contribution in [3.05, 3.63) is 64.7 Å². The number of aryl methyl sites for hydroxylation is 1. The molecule has 1 fully saturated rings. The Kier molecular flexibility index (Phi) is 7.62. The Hall–Kier alpha value is -3.56. The van der Waals surface area contributed by atoms with E-state index in [1.54, 1.807) is 16.7 Å². The predicted octanol–water partition coefficient (Wildman–Crippen LogP) is 5.50. The molecule has 2 aliphatic rings. The second kappa shape index (κ2) is 11.2. The van der Waals surface area contributed by atoms with Gasteiger partial charge in [0.15, 0.2) is 0 Å². The summed E-state index contributed by atoms with van der Waals surface area (Å²) in [7, 11) is 0. The molecule has 0 saturated carbocycles. The molecule has 1 saturated heterocycles. The largest absolute Gasteiger partial charge is 0.378 e. The number of H-pyrrole nitrogens is 1. The van der Waals surface area contributed by atoms with Crippen molar-refractivity contribution in [1.82, 2.24) is 15.1 Å². The van der Waals surface area contributed by atoms with Gasteiger partial charge in [-0.05, 0) is 59.7 Å². The third-order valence-electron chi connectivity index (χ3n) is 6.69. The van der Waals surface area contributed by atoms with Crippen LogP contribution in [0.2, 0.25) is 0 Å². The molecule has 2 aliphatic heterocycles. The number of rotatable bonds is 6. The lowest BCUT2D eigenvalue weighted by molar-refractivity contribution is -0.116. The third-order valence-corrected chi connectivity index (χ3v) is 7.95. The van der Waals surface area contributed by atoms with Crippen LogP contribution in [0.5, 0.6) is 0 Å². The number of carbonyl (C=O) groups excluding carboxylic acids is 2. The molecule has 192 valence electrons. The number of morpholine rings is 1. The normalized spacial score (nSPS) is 19.6. The van der Waals surface area contributed by atoms with Crippen molar-refractivity contribution in [3.63, 3.8) is 0 Å². The summed E-state index contributed by atoms with van der Waals surface area (Å²) in [6.45, 7) is 6.44. The van der Waals surface area contributed by atoms with Crippen LogP contribution in [0.25, 0.3) is 23.1 Å². The van der Waals surface area contributed by atoms with Crippen LogP contribution in [0.1, 0.15) is 30.2 Å². The molecule has 9 heteroatoms. The number of ether oxygens (including phenoxy) is 1. The van der Waals surface area contributed by atoms with Crippen molar-refractivity contribution in [2.24, 2.45) is 5.92 Å². The smallest absolute Gasteiger partial charge is 0.321 e. The number of amides is 3. The highest BCUT2D eigenvalue weighted by molar-refractivity contribution is 8.03. The van der Waals surface area contributed by atoms with Gasteiger partial charge in [0, 0.05) is 41.5 Å². The van der Waals surface area contributed by atoms with Gasteiger partial charge in [-0.2, -0.15) is 5.10 Å². The molecule has 0 bridgehead atoms. The van der Waals surface area contributed by atoms with E-state index < -0.39 is 0 Å². The third kappa shape index (κ3) is 6.06. The maximum atomic E-state index is 12.7. The predicted molar refractivity (Wildman–Crippen MR) is 151 cm³/mol. The van der Waals surface area contributed by atoms with Crippen molar-refractivity contribution in [2.75, 3.05) is 36.9 Å². The summed E-state index contributed by atoms with van der Waals surface area (Å²) in [6.07, 6.45) is 6.53. The number of allylic oxidation sites excluding steroid dienone is 1. The summed E-state index contributed by atoms with van der Waals surface area (Å²) in [4.78, 5) is 27.0. The van der Waals surface area contributed by atoms with Gasteiger partial charge in [-0.25, -0.2) is 4.79 Å². The summed E-state index contributed by atoms with van der Waals surface area (Å²) in [5, 5.41) is 16.9. The lowest BCUT2D eigenvalue weighted by atomic mass is 10.0. The average molecular weight is 518 g/mol. The average Bonchev–Trinajstić information content (AvgIpc) is 3.48. The Bertz CT molecular complexity index is 1360. The van der Waals surface area contributed by atoms with E-state index >= 15 is 0 Å². The second-order valence-corrected chi connectivity index (χ2v) is 10.6. The number of aromatic amines is 1. The first-order valence-corrected chi connectivity index (χ1v) is 13.4. The van der Waals surface area contributed by atoms with E-state index in [2.05, 4.69) is 39.2 Å². The van der Waals surface area contributed by atoms with Crippen LogP contribution in [0.4, 0.5) is 16.2 Å². The molecular weight excluding hydrogens is 486 g/mol. The van der Waals surface area contributed by atoms with Crippen LogP contribution in [0.3, 0.4) is 0 Å². The minimum atomic E-state index is -0.120. The van der Waals surface area contributed by atoms with E-state index in [1.807, 2.05) is 55.5 Å². The van der Waals surface area contributed by atoms with Crippen LogP contribution in [0.15, 0.2) is 47.9 Å². The molecule has 2 aromatic carbocycles. The fourth-order valence-corrected chi connectivity index (χ4v) is 5.58. The highest BCUT2D eigenvalue weighted by atomic mass is 32.2. The quantitative estimate of drug-likeness (QED) is 0.401. The number of thioether (sulfide) groups is 1. The number of nitrogens with one attached hydrogen (secondary N) is 3. The molecule has 2 unspecified atom stereocenters. The zero-order chi connectivity index (χ0) is 25.8. The van der Waals surface area contributed by atoms with E-state index in [-0.39, 0.29) is 17.2 Å². The Morgan fingerprint density at radius 2 is 2.03 bits per heavy atom. The van der Waals surface area contributed by atoms with Crippen LogP contribution < -0.4 is 10.6 Å². The molecule has 0 radical (unpaired) electrons. The highest BCUT2D eigenvalue weighted by Gasteiger charge is 2.23. The van der Waals surface area contributed by atoms with Crippen molar-refractivity contribution in [2.45, 2.75) is 25.5 Å². The number of hydrogen-bond donors (Lipinski definition) is 3. The summed E-state index contributed by atoms with van der Waals surface area (Å²) >= 11 is 1.72. The first-order chi connectivity index (χ1) is 18.0. The second-order valence-electron chi connectivity index (χ2n) is 9.42. The minimum Gasteiger partial charge on any atom is -0.378 e. The summed E-state index contributed by atoms with van der Waals surface area (Å²) in [5.74, 6) is 0.420. The van der Waals surface area contributed by atoms with Crippen LogP contribution in [0, 0.1) is 12.8 Å². The molecule has 37 heavy (non-hydrogen) atoms. The van der Waals surface area contributed by atoms with Crippen molar-refractivity contribution < 1.29 is 14.3 Å². The lowest BCUT2D eigenvalue weighted by Crippen LogP contribution is -2.43. The molecule has 2 atom stereocenters. The minimum absolute atomic E-state index is 0.0204. The summed E-state index contributed by atoms with van der Waals surface area (Å²) in [6, 6.07) is 11.6. The Morgan fingerprint density at radius 3 is 2.81 bits per heavy atom. The zero-order valence-corrected chi connectivity index (χ0v) is 21.8. The van der Waals surface area contributed by atoms with Crippen molar-refractivity contribution in [1.29, 1.82) is 0 Å². The van der Waals surface area contributed by atoms with Gasteiger partial charge in [0.2, 0.25) is 5.91 Å². The van der Waals surface area contributed by atoms with Gasteiger partial charge in [-0.3, -0.25) is 9.89 Å². The molecule has 8 nitrogen and oxygen atoms in total. The highest BCUT2D eigenvalue weighted by Crippen LogP contribution is 2.32. The van der Waals surface area contributed by atoms with Gasteiger partial charge in [-0.15, -0.1) is 11.8 Å². The Morgan fingerprint density at radius 1 is 1.19 bits per heavy atom. The van der Waals surface area contributed by atoms with Gasteiger partial charge in [0.1, 0.15) is 0 Å². The van der Waals surface area contributed by atoms with E-state index in [9.17, 15) is 9.59 Å². The van der Waals surface area contributed by atoms with Crippen molar-refractivity contribution >= 4 is 58.1 Å². The fraction of sp³-hybridized carbons (Fsp3) is 0.321. The summed E-state index contributed by atoms with van der Waals surface area (Å²) in [5.41, 5.74) is 5.13. The SMILES string of the molecule is Cc1cc2[nH]nc(/C=C/c3cccc(NC(=O)N4CCOCC4)c3)c2cc1NC(=O)CC1SC=CC1C. The number of hydrogen-bond acceptors (Lipinski definition) is 5. The van der Waals surface area contributed by atoms with Gasteiger partial charge >= 0.3 is 6.03 Å². The fourth-order valence-electron chi connectivity index (χ4n) is 4.45. The topological polar surface area (TPSA) is 99.3 Å². The number of fused-ring (bicyclic) bond motifs is 1. The van der Waals surface area contributed by atoms with Crippen LogP contribution >= 0.6 is 11.8 Å². The number of aromatic nitrogens is 2. The maximum absolute atomic E-state index is 12.7. The molecule has 3 aromatic rings. The molecular formula is C28H31N5O3S. The Balaban J connectivity index is 1.28. The molecule has 3 N–H and O–H groups in total. The standard InChI is InChI=1S/C28H31N5O3S/c1-18-8-13-37-26(18)17-27(34)30-24-16-22-23(31-32-25(22)14-19(24)2)7-6-20-4-3-5-21(15-20)29-28(35)33-9-11-36-12-10-33/h3-8,13-16,18,26H,9-12,17H2,1-2H3,(H,29,35)(H,30,34)(H,31,32)/b7-6+. The zero-order valence-electron chi connectivity index (χ0n) is 21.0. The first-order valence-electron chi connectivity index (χ1n) is 12.5. The molecule has 3 heterocycles. The monoisotopic (exact) mass is 517 g/mol. The lowest BCUT2D eigenvalue weighted by Gasteiger charge is -2.26. The van der Waals surface area contributed by atoms with Gasteiger partial charge in [-0.1, -0.05) is 31.2 Å². The number of carbonyl (C=O) groups is 2. The molecule has 0 aliphatic carbocycles. The van der Waals surface area contributed by atoms with Gasteiger partial charge < -0.3 is 20.3 Å².